The summed E-state index contributed by atoms with van der Waals surface area (Å²) in [6, 6.07) is 10.2. The summed E-state index contributed by atoms with van der Waals surface area (Å²) in [5.74, 6) is 0.0690. The van der Waals surface area contributed by atoms with Crippen LogP contribution in [-0.4, -0.2) is 42.0 Å². The highest BCUT2D eigenvalue weighted by Gasteiger charge is 2.20. The number of hydrogen-bond acceptors (Lipinski definition) is 3. The quantitative estimate of drug-likeness (QED) is 0.815. The van der Waals surface area contributed by atoms with Gasteiger partial charge in [0, 0.05) is 50.3 Å². The molecule has 1 aromatic carbocycles. The molecule has 1 aliphatic rings. The minimum atomic E-state index is 0.0690. The Morgan fingerprint density at radius 1 is 1.08 bits per heavy atom. The summed E-state index contributed by atoms with van der Waals surface area (Å²) < 4.78 is 0. The molecule has 0 saturated carbocycles. The Morgan fingerprint density at radius 3 is 2.58 bits per heavy atom. The summed E-state index contributed by atoms with van der Waals surface area (Å²) in [6.07, 6.45) is 6.95. The van der Waals surface area contributed by atoms with Crippen LogP contribution in [0.2, 0.25) is 0 Å². The van der Waals surface area contributed by atoms with Crippen molar-refractivity contribution in [3.05, 3.63) is 65.5 Å². The number of aromatic nitrogens is 1. The Morgan fingerprint density at radius 2 is 1.88 bits per heavy atom. The third kappa shape index (κ3) is 3.65. The largest absolute Gasteiger partial charge is 0.368 e. The molecule has 0 atom stereocenters. The van der Waals surface area contributed by atoms with E-state index in [0.717, 1.165) is 31.7 Å². The van der Waals surface area contributed by atoms with Crippen LogP contribution in [0.25, 0.3) is 6.08 Å². The fraction of sp³-hybridized carbons (Fsp3) is 0.300. The lowest BCUT2D eigenvalue weighted by Gasteiger charge is -2.36. The van der Waals surface area contributed by atoms with E-state index in [0.29, 0.717) is 0 Å². The molecule has 1 fully saturated rings. The van der Waals surface area contributed by atoms with Crippen LogP contribution in [0.3, 0.4) is 0 Å². The van der Waals surface area contributed by atoms with Crippen LogP contribution in [0.15, 0.2) is 48.8 Å². The van der Waals surface area contributed by atoms with Gasteiger partial charge in [-0.25, -0.2) is 0 Å². The molecule has 4 heteroatoms. The van der Waals surface area contributed by atoms with Gasteiger partial charge in [0.25, 0.3) is 0 Å². The minimum absolute atomic E-state index is 0.0690. The highest BCUT2D eigenvalue weighted by Crippen LogP contribution is 2.23. The Bertz CT molecular complexity index is 732. The van der Waals surface area contributed by atoms with E-state index < -0.39 is 0 Å². The molecule has 0 spiro atoms. The number of carbonyl (C=O) groups is 1. The first-order valence-corrected chi connectivity index (χ1v) is 8.33. The molecule has 24 heavy (non-hydrogen) atoms. The first kappa shape index (κ1) is 16.2. The Hall–Kier alpha value is -2.62. The second-order valence-electron chi connectivity index (χ2n) is 6.15. The van der Waals surface area contributed by atoms with E-state index in [4.69, 9.17) is 0 Å². The van der Waals surface area contributed by atoms with Crippen LogP contribution in [0.5, 0.6) is 0 Å². The summed E-state index contributed by atoms with van der Waals surface area (Å²) in [4.78, 5) is 20.7. The molecule has 1 aliphatic heterocycles. The molecule has 0 aliphatic carbocycles. The zero-order valence-corrected chi connectivity index (χ0v) is 14.3. The van der Waals surface area contributed by atoms with Crippen molar-refractivity contribution in [2.24, 2.45) is 0 Å². The number of carbonyl (C=O) groups excluding carboxylic acids is 1. The van der Waals surface area contributed by atoms with Crippen molar-refractivity contribution in [2.75, 3.05) is 31.1 Å². The van der Waals surface area contributed by atoms with Gasteiger partial charge in [0.15, 0.2) is 0 Å². The monoisotopic (exact) mass is 321 g/mol. The fourth-order valence-corrected chi connectivity index (χ4v) is 2.99. The van der Waals surface area contributed by atoms with Gasteiger partial charge in [0.05, 0.1) is 0 Å². The number of pyridine rings is 1. The molecule has 2 aromatic rings. The average Bonchev–Trinajstić information content (AvgIpc) is 2.63. The van der Waals surface area contributed by atoms with Crippen LogP contribution in [-0.2, 0) is 4.79 Å². The van der Waals surface area contributed by atoms with Gasteiger partial charge < -0.3 is 9.80 Å². The Balaban J connectivity index is 1.59. The SMILES string of the molecule is Cc1cccc(N2CCN(C(=O)/C=C/c3cccnc3)CC2)c1C. The van der Waals surface area contributed by atoms with E-state index in [2.05, 4.69) is 41.9 Å². The molecule has 4 nitrogen and oxygen atoms in total. The lowest BCUT2D eigenvalue weighted by Crippen LogP contribution is -2.48. The maximum Gasteiger partial charge on any atom is 0.246 e. The molecule has 0 bridgehead atoms. The molecule has 3 rings (SSSR count). The molecule has 0 N–H and O–H groups in total. The van der Waals surface area contributed by atoms with Gasteiger partial charge in [-0.3, -0.25) is 9.78 Å². The number of nitrogens with zero attached hydrogens (tertiary/aromatic N) is 3. The van der Waals surface area contributed by atoms with E-state index in [1.165, 1.54) is 16.8 Å². The normalized spacial score (nSPS) is 15.1. The van der Waals surface area contributed by atoms with E-state index in [-0.39, 0.29) is 5.91 Å². The number of piperazine rings is 1. The zero-order valence-electron chi connectivity index (χ0n) is 14.3. The third-order valence-electron chi connectivity index (χ3n) is 4.61. The number of aryl methyl sites for hydroxylation is 1. The molecule has 1 aromatic heterocycles. The molecular weight excluding hydrogens is 298 g/mol. The van der Waals surface area contributed by atoms with Gasteiger partial charge in [-0.2, -0.15) is 0 Å². The van der Waals surface area contributed by atoms with Crippen molar-refractivity contribution in [3.63, 3.8) is 0 Å². The number of hydrogen-bond donors (Lipinski definition) is 0. The van der Waals surface area contributed by atoms with Crippen molar-refractivity contribution >= 4 is 17.7 Å². The number of benzene rings is 1. The summed E-state index contributed by atoms with van der Waals surface area (Å²) in [6.45, 7) is 7.56. The van der Waals surface area contributed by atoms with Gasteiger partial charge in [0.1, 0.15) is 0 Å². The Labute approximate surface area is 143 Å². The van der Waals surface area contributed by atoms with Crippen LogP contribution in [0, 0.1) is 13.8 Å². The number of anilines is 1. The third-order valence-corrected chi connectivity index (χ3v) is 4.61. The van der Waals surface area contributed by atoms with Gasteiger partial charge in [-0.15, -0.1) is 0 Å². The van der Waals surface area contributed by atoms with Crippen LogP contribution >= 0.6 is 0 Å². The standard InChI is InChI=1S/C20H23N3O/c1-16-5-3-7-19(17(16)2)22-11-13-23(14-12-22)20(24)9-8-18-6-4-10-21-15-18/h3-10,15H,11-14H2,1-2H3/b9-8+. The second-order valence-corrected chi connectivity index (χ2v) is 6.15. The molecular formula is C20H23N3O. The summed E-state index contributed by atoms with van der Waals surface area (Å²) >= 11 is 0. The molecule has 124 valence electrons. The van der Waals surface area contributed by atoms with Crippen molar-refractivity contribution in [3.8, 4) is 0 Å². The molecule has 1 amide bonds. The van der Waals surface area contributed by atoms with E-state index >= 15 is 0 Å². The molecule has 1 saturated heterocycles. The highest BCUT2D eigenvalue weighted by molar-refractivity contribution is 5.91. The summed E-state index contributed by atoms with van der Waals surface area (Å²) in [5, 5.41) is 0. The van der Waals surface area contributed by atoms with Crippen LogP contribution < -0.4 is 4.90 Å². The second kappa shape index (κ2) is 7.30. The van der Waals surface area contributed by atoms with Gasteiger partial charge in [-0.05, 0) is 48.7 Å². The summed E-state index contributed by atoms with van der Waals surface area (Å²) in [5.41, 5.74) is 4.87. The first-order chi connectivity index (χ1) is 11.6. The van der Waals surface area contributed by atoms with Crippen molar-refractivity contribution in [1.29, 1.82) is 0 Å². The van der Waals surface area contributed by atoms with Crippen molar-refractivity contribution in [1.82, 2.24) is 9.88 Å². The summed E-state index contributed by atoms with van der Waals surface area (Å²) in [7, 11) is 0. The lowest BCUT2D eigenvalue weighted by atomic mass is 10.1. The van der Waals surface area contributed by atoms with Crippen LogP contribution in [0.4, 0.5) is 5.69 Å². The van der Waals surface area contributed by atoms with E-state index in [9.17, 15) is 4.79 Å². The number of amides is 1. The predicted molar refractivity (Wildman–Crippen MR) is 98.0 cm³/mol. The topological polar surface area (TPSA) is 36.4 Å². The smallest absolute Gasteiger partial charge is 0.246 e. The van der Waals surface area contributed by atoms with E-state index in [1.54, 1.807) is 18.5 Å². The van der Waals surface area contributed by atoms with Crippen molar-refractivity contribution < 1.29 is 4.79 Å². The minimum Gasteiger partial charge on any atom is -0.368 e. The first-order valence-electron chi connectivity index (χ1n) is 8.33. The van der Waals surface area contributed by atoms with Crippen molar-refractivity contribution in [2.45, 2.75) is 13.8 Å². The lowest BCUT2D eigenvalue weighted by molar-refractivity contribution is -0.126. The highest BCUT2D eigenvalue weighted by atomic mass is 16.2. The number of rotatable bonds is 3. The maximum atomic E-state index is 12.3. The fourth-order valence-electron chi connectivity index (χ4n) is 2.99. The molecule has 0 unspecified atom stereocenters. The van der Waals surface area contributed by atoms with Gasteiger partial charge in [-0.1, -0.05) is 18.2 Å². The predicted octanol–water partition coefficient (Wildman–Crippen LogP) is 3.06. The zero-order chi connectivity index (χ0) is 16.9. The van der Waals surface area contributed by atoms with Crippen LogP contribution in [0.1, 0.15) is 16.7 Å². The Kier molecular flexibility index (Phi) is 4.94. The molecule has 0 radical (unpaired) electrons. The van der Waals surface area contributed by atoms with Gasteiger partial charge in [0.2, 0.25) is 5.91 Å². The molecule has 2 heterocycles. The van der Waals surface area contributed by atoms with E-state index in [1.807, 2.05) is 23.1 Å². The van der Waals surface area contributed by atoms with Gasteiger partial charge >= 0.3 is 0 Å². The average molecular weight is 321 g/mol. The maximum absolute atomic E-state index is 12.3.